The normalized spacial score (nSPS) is 24.8. The summed E-state index contributed by atoms with van der Waals surface area (Å²) in [6, 6.07) is 0.583. The van der Waals surface area contributed by atoms with Crippen molar-refractivity contribution in [3.63, 3.8) is 0 Å². The van der Waals surface area contributed by atoms with Crippen LogP contribution in [0.2, 0.25) is 5.28 Å². The summed E-state index contributed by atoms with van der Waals surface area (Å²) < 4.78 is 7.24. The van der Waals surface area contributed by atoms with Gasteiger partial charge in [-0.2, -0.15) is 9.97 Å². The van der Waals surface area contributed by atoms with E-state index in [0.29, 0.717) is 54.4 Å². The Morgan fingerprint density at radius 1 is 1.24 bits per heavy atom. The summed E-state index contributed by atoms with van der Waals surface area (Å²) in [4.78, 5) is 26.3. The molecule has 4 rings (SSSR count). The molecule has 2 aromatic heterocycles. The Balaban J connectivity index is 1.94. The number of ether oxygens (including phenoxy) is 1. The molecule has 2 unspecified atom stereocenters. The Kier molecular flexibility index (Phi) is 2.87. The van der Waals surface area contributed by atoms with Crippen molar-refractivity contribution in [1.29, 1.82) is 0 Å². The van der Waals surface area contributed by atoms with E-state index in [2.05, 4.69) is 19.9 Å². The van der Waals surface area contributed by atoms with Crippen LogP contribution in [0.3, 0.4) is 0 Å². The molecule has 110 valence electrons. The molecule has 2 aliphatic rings. The van der Waals surface area contributed by atoms with Crippen LogP contribution >= 0.6 is 11.6 Å². The lowest BCUT2D eigenvalue weighted by Gasteiger charge is -2.35. The first-order valence-corrected chi connectivity index (χ1v) is 7.28. The molecule has 0 amide bonds. The summed E-state index contributed by atoms with van der Waals surface area (Å²) in [5.74, 6) is 1.04. The highest BCUT2D eigenvalue weighted by atomic mass is 35.5. The van der Waals surface area contributed by atoms with Crippen molar-refractivity contribution < 1.29 is 9.53 Å². The van der Waals surface area contributed by atoms with Gasteiger partial charge in [0.05, 0.1) is 25.3 Å². The third-order valence-electron chi connectivity index (χ3n) is 4.30. The molecule has 7 nitrogen and oxygen atoms in total. The summed E-state index contributed by atoms with van der Waals surface area (Å²) >= 11 is 6.07. The van der Waals surface area contributed by atoms with Crippen LogP contribution in [-0.4, -0.2) is 51.1 Å². The molecule has 0 N–H and O–H groups in total. The number of imidazole rings is 1. The van der Waals surface area contributed by atoms with Gasteiger partial charge in [-0.05, 0) is 24.4 Å². The molecule has 2 fully saturated rings. The van der Waals surface area contributed by atoms with Crippen LogP contribution in [0.4, 0.5) is 5.82 Å². The van der Waals surface area contributed by atoms with Crippen molar-refractivity contribution in [2.24, 2.45) is 7.05 Å². The zero-order valence-corrected chi connectivity index (χ0v) is 12.2. The number of fused-ring (bicyclic) bond motifs is 3. The molecule has 0 spiro atoms. The lowest BCUT2D eigenvalue weighted by molar-refractivity contribution is 0.0903. The summed E-state index contributed by atoms with van der Waals surface area (Å²) in [5, 5.41) is 0.170. The van der Waals surface area contributed by atoms with Gasteiger partial charge in [0.2, 0.25) is 5.28 Å². The van der Waals surface area contributed by atoms with E-state index in [-0.39, 0.29) is 5.28 Å². The van der Waals surface area contributed by atoms with Crippen molar-refractivity contribution in [3.05, 3.63) is 11.1 Å². The van der Waals surface area contributed by atoms with Gasteiger partial charge in [-0.3, -0.25) is 4.79 Å². The second-order valence-corrected chi connectivity index (χ2v) is 5.80. The summed E-state index contributed by atoms with van der Waals surface area (Å²) in [6.07, 6.45) is 2.86. The van der Waals surface area contributed by atoms with Gasteiger partial charge in [0.1, 0.15) is 0 Å². The summed E-state index contributed by atoms with van der Waals surface area (Å²) in [5.41, 5.74) is 1.21. The Morgan fingerprint density at radius 2 is 1.95 bits per heavy atom. The standard InChI is InChI=1S/C13H14ClN5O2/c1-18-9(4-20)15-10-11(18)16-13(14)17-12(10)19-7-2-3-8(19)6-21-5-7/h4,7-8H,2-3,5-6H2,1H3. The number of carbonyl (C=O) groups excluding carboxylic acids is 1. The van der Waals surface area contributed by atoms with E-state index in [1.807, 2.05) is 0 Å². The maximum absolute atomic E-state index is 11.1. The van der Waals surface area contributed by atoms with Crippen molar-refractivity contribution in [2.45, 2.75) is 24.9 Å². The van der Waals surface area contributed by atoms with Gasteiger partial charge in [-0.15, -0.1) is 0 Å². The third kappa shape index (κ3) is 1.84. The van der Waals surface area contributed by atoms with Gasteiger partial charge in [-0.1, -0.05) is 0 Å². The quantitative estimate of drug-likeness (QED) is 0.613. The van der Waals surface area contributed by atoms with Crippen LogP contribution in [0.5, 0.6) is 0 Å². The molecule has 2 bridgehead atoms. The van der Waals surface area contributed by atoms with Crippen molar-refractivity contribution in [3.8, 4) is 0 Å². The average molecular weight is 308 g/mol. The number of carbonyl (C=O) groups is 1. The predicted molar refractivity (Wildman–Crippen MR) is 76.8 cm³/mol. The Morgan fingerprint density at radius 3 is 2.62 bits per heavy atom. The van der Waals surface area contributed by atoms with E-state index >= 15 is 0 Å². The van der Waals surface area contributed by atoms with Crippen LogP contribution in [0.25, 0.3) is 11.2 Å². The van der Waals surface area contributed by atoms with E-state index in [1.54, 1.807) is 11.6 Å². The molecule has 0 radical (unpaired) electrons. The van der Waals surface area contributed by atoms with Crippen molar-refractivity contribution in [2.75, 3.05) is 18.1 Å². The predicted octanol–water partition coefficient (Wildman–Crippen LogP) is 1.20. The number of aromatic nitrogens is 4. The average Bonchev–Trinajstić information content (AvgIpc) is 2.92. The zero-order chi connectivity index (χ0) is 14.6. The van der Waals surface area contributed by atoms with Gasteiger partial charge >= 0.3 is 0 Å². The third-order valence-corrected chi connectivity index (χ3v) is 4.47. The first kappa shape index (κ1) is 13.0. The number of halogens is 1. The second kappa shape index (κ2) is 4.64. The van der Waals surface area contributed by atoms with Crippen LogP contribution < -0.4 is 4.90 Å². The van der Waals surface area contributed by atoms with Crippen molar-refractivity contribution in [1.82, 2.24) is 19.5 Å². The SMILES string of the molecule is Cn1c(C=O)nc2c(N3C4CCC3COC4)nc(Cl)nc21. The zero-order valence-electron chi connectivity index (χ0n) is 11.5. The molecule has 21 heavy (non-hydrogen) atoms. The molecule has 2 saturated heterocycles. The second-order valence-electron chi connectivity index (χ2n) is 5.47. The van der Waals surface area contributed by atoms with E-state index < -0.39 is 0 Å². The Bertz CT molecular complexity index is 715. The molecule has 2 atom stereocenters. The fourth-order valence-corrected chi connectivity index (χ4v) is 3.46. The Hall–Kier alpha value is -1.73. The van der Waals surface area contributed by atoms with E-state index in [1.165, 1.54) is 0 Å². The molecule has 0 aromatic carbocycles. The minimum absolute atomic E-state index is 0.170. The van der Waals surface area contributed by atoms with E-state index in [4.69, 9.17) is 16.3 Å². The highest BCUT2D eigenvalue weighted by Gasteiger charge is 2.39. The topological polar surface area (TPSA) is 73.1 Å². The molecular formula is C13H14ClN5O2. The lowest BCUT2D eigenvalue weighted by Crippen LogP contribution is -2.46. The molecule has 2 aliphatic heterocycles. The molecule has 0 aliphatic carbocycles. The molecule has 8 heteroatoms. The van der Waals surface area contributed by atoms with E-state index in [9.17, 15) is 4.79 Å². The van der Waals surface area contributed by atoms with Crippen LogP contribution in [-0.2, 0) is 11.8 Å². The first-order chi connectivity index (χ1) is 10.2. The van der Waals surface area contributed by atoms with Gasteiger partial charge in [-0.25, -0.2) is 4.98 Å². The van der Waals surface area contributed by atoms with Gasteiger partial charge < -0.3 is 14.2 Å². The highest BCUT2D eigenvalue weighted by Crippen LogP contribution is 2.36. The molecule has 0 saturated carbocycles. The molecule has 2 aromatic rings. The van der Waals surface area contributed by atoms with Gasteiger partial charge in [0.15, 0.2) is 29.1 Å². The first-order valence-electron chi connectivity index (χ1n) is 6.90. The van der Waals surface area contributed by atoms with Crippen molar-refractivity contribution >= 4 is 34.9 Å². The number of nitrogens with zero attached hydrogens (tertiary/aromatic N) is 5. The van der Waals surface area contributed by atoms with Gasteiger partial charge in [0, 0.05) is 7.05 Å². The van der Waals surface area contributed by atoms with E-state index in [0.717, 1.165) is 12.8 Å². The van der Waals surface area contributed by atoms with Crippen LogP contribution in [0, 0.1) is 0 Å². The summed E-state index contributed by atoms with van der Waals surface area (Å²) in [7, 11) is 1.75. The number of hydrogen-bond donors (Lipinski definition) is 0. The minimum Gasteiger partial charge on any atom is -0.377 e. The Labute approximate surface area is 125 Å². The van der Waals surface area contributed by atoms with Crippen LogP contribution in [0.15, 0.2) is 0 Å². The fraction of sp³-hybridized carbons (Fsp3) is 0.538. The smallest absolute Gasteiger partial charge is 0.226 e. The number of aryl methyl sites for hydroxylation is 1. The summed E-state index contributed by atoms with van der Waals surface area (Å²) in [6.45, 7) is 1.37. The maximum Gasteiger partial charge on any atom is 0.226 e. The fourth-order valence-electron chi connectivity index (χ4n) is 3.30. The number of morpholine rings is 1. The number of rotatable bonds is 2. The number of anilines is 1. The minimum atomic E-state index is 0.170. The molecule has 4 heterocycles. The largest absolute Gasteiger partial charge is 0.377 e. The molecular weight excluding hydrogens is 294 g/mol. The highest BCUT2D eigenvalue weighted by molar-refractivity contribution is 6.28. The maximum atomic E-state index is 11.1. The number of aldehydes is 1. The lowest BCUT2D eigenvalue weighted by atomic mass is 10.2. The monoisotopic (exact) mass is 307 g/mol. The van der Waals surface area contributed by atoms with Crippen LogP contribution in [0.1, 0.15) is 23.5 Å². The number of hydrogen-bond acceptors (Lipinski definition) is 6. The van der Waals surface area contributed by atoms with Gasteiger partial charge in [0.25, 0.3) is 0 Å².